The average Bonchev–Trinajstić information content (AvgIpc) is 2.89. The molecule has 3 nitrogen and oxygen atoms in total. The Labute approximate surface area is 200 Å². The maximum Gasteiger partial charge on any atom is 0.164 e. The first kappa shape index (κ1) is 21.5. The zero-order chi connectivity index (χ0) is 23.5. The molecule has 0 amide bonds. The molecule has 5 rings (SSSR count). The van der Waals surface area contributed by atoms with E-state index in [1.54, 1.807) is 0 Å². The molecule has 0 N–H and O–H groups in total. The van der Waals surface area contributed by atoms with Crippen LogP contribution in [0, 0.1) is 13.8 Å². The molecule has 0 saturated carbocycles. The fourth-order valence-electron chi connectivity index (χ4n) is 3.79. The second-order valence-corrected chi connectivity index (χ2v) is 8.44. The molecule has 164 valence electrons. The number of aryl methyl sites for hydroxylation is 2. The average molecular weight is 440 g/mol. The molecule has 5 aromatic rings. The lowest BCUT2D eigenvalue weighted by Crippen LogP contribution is -2.00. The molecule has 3 heteroatoms. The predicted octanol–water partition coefficient (Wildman–Crippen LogP) is 7.80. The molecule has 0 bridgehead atoms. The van der Waals surface area contributed by atoms with Crippen LogP contribution >= 0.6 is 0 Å². The lowest BCUT2D eigenvalue weighted by atomic mass is 10.0. The van der Waals surface area contributed by atoms with E-state index in [0.29, 0.717) is 17.5 Å². The lowest BCUT2D eigenvalue weighted by Gasteiger charge is -2.09. The molecule has 0 aliphatic rings. The summed E-state index contributed by atoms with van der Waals surface area (Å²) in [5, 5.41) is 0. The topological polar surface area (TPSA) is 38.7 Å². The highest BCUT2D eigenvalue weighted by atomic mass is 15.0. The lowest BCUT2D eigenvalue weighted by molar-refractivity contribution is 1.07. The highest BCUT2D eigenvalue weighted by molar-refractivity contribution is 5.71. The quantitative estimate of drug-likeness (QED) is 0.280. The number of aromatic nitrogens is 3. The van der Waals surface area contributed by atoms with E-state index in [1.165, 1.54) is 11.1 Å². The maximum absolute atomic E-state index is 4.84. The normalized spacial score (nSPS) is 10.8. The van der Waals surface area contributed by atoms with Crippen LogP contribution in [0.25, 0.3) is 51.4 Å². The van der Waals surface area contributed by atoms with Crippen molar-refractivity contribution in [1.82, 2.24) is 15.0 Å². The molecule has 4 aromatic carbocycles. The summed E-state index contributed by atoms with van der Waals surface area (Å²) in [5.74, 6) is 2.00. The van der Waals surface area contributed by atoms with Crippen LogP contribution in [0.2, 0.25) is 0 Å². The monoisotopic (exact) mass is 439 g/mol. The summed E-state index contributed by atoms with van der Waals surface area (Å²) in [4.78, 5) is 14.5. The Morgan fingerprint density at radius 1 is 0.441 bits per heavy atom. The van der Waals surface area contributed by atoms with Gasteiger partial charge < -0.3 is 0 Å². The molecule has 0 unspecified atom stereocenters. The third kappa shape index (κ3) is 4.55. The fourth-order valence-corrected chi connectivity index (χ4v) is 3.79. The van der Waals surface area contributed by atoms with Crippen molar-refractivity contribution < 1.29 is 0 Å². The van der Waals surface area contributed by atoms with Gasteiger partial charge in [0.05, 0.1) is 0 Å². The van der Waals surface area contributed by atoms with Crippen molar-refractivity contribution in [2.75, 3.05) is 0 Å². The van der Waals surface area contributed by atoms with E-state index >= 15 is 0 Å². The summed E-state index contributed by atoms with van der Waals surface area (Å²) in [6.45, 7) is 7.98. The van der Waals surface area contributed by atoms with Crippen LogP contribution in [-0.2, 0) is 0 Å². The van der Waals surface area contributed by atoms with Crippen LogP contribution in [0.4, 0.5) is 0 Å². The highest BCUT2D eigenvalue weighted by Gasteiger charge is 2.12. The fraction of sp³-hybridized carbons (Fsp3) is 0.0645. The molecular weight excluding hydrogens is 414 g/mol. The Hall–Kier alpha value is -4.37. The minimum absolute atomic E-state index is 0.662. The predicted molar refractivity (Wildman–Crippen MR) is 141 cm³/mol. The molecule has 0 aliphatic heterocycles. The largest absolute Gasteiger partial charge is 0.208 e. The van der Waals surface area contributed by atoms with Gasteiger partial charge in [0.25, 0.3) is 0 Å². The number of benzene rings is 4. The van der Waals surface area contributed by atoms with Gasteiger partial charge in [-0.25, -0.2) is 15.0 Å². The van der Waals surface area contributed by atoms with Gasteiger partial charge in [-0.1, -0.05) is 121 Å². The van der Waals surface area contributed by atoms with Gasteiger partial charge in [-0.2, -0.15) is 0 Å². The van der Waals surface area contributed by atoms with Gasteiger partial charge in [0.15, 0.2) is 17.5 Å². The van der Waals surface area contributed by atoms with Crippen molar-refractivity contribution in [1.29, 1.82) is 0 Å². The Bertz CT molecular complexity index is 1370. The smallest absolute Gasteiger partial charge is 0.164 e. The Kier molecular flexibility index (Phi) is 5.84. The number of nitrogens with zero attached hydrogens (tertiary/aromatic N) is 3. The summed E-state index contributed by atoms with van der Waals surface area (Å²) in [6, 6.07) is 33.3. The SMILES string of the molecule is C=Cc1ccc(-c2ccc(-c3nc(-c4ccc(C)cc4)nc(-c4ccc(C)cc4)n3)cc2)cc1. The molecule has 0 aliphatic carbocycles. The van der Waals surface area contributed by atoms with Crippen molar-refractivity contribution >= 4 is 6.08 Å². The molecule has 0 fully saturated rings. The molecule has 1 heterocycles. The molecule has 0 saturated heterocycles. The maximum atomic E-state index is 4.84. The van der Waals surface area contributed by atoms with E-state index in [0.717, 1.165) is 33.4 Å². The van der Waals surface area contributed by atoms with Crippen molar-refractivity contribution in [3.05, 3.63) is 120 Å². The van der Waals surface area contributed by atoms with Gasteiger partial charge in [-0.3, -0.25) is 0 Å². The molecule has 0 spiro atoms. The second kappa shape index (κ2) is 9.24. The van der Waals surface area contributed by atoms with Crippen LogP contribution in [0.3, 0.4) is 0 Å². The van der Waals surface area contributed by atoms with E-state index in [1.807, 2.05) is 6.08 Å². The summed E-state index contributed by atoms with van der Waals surface area (Å²) in [6.07, 6.45) is 1.85. The van der Waals surface area contributed by atoms with Gasteiger partial charge in [0.1, 0.15) is 0 Å². The Balaban J connectivity index is 1.57. The van der Waals surface area contributed by atoms with Crippen LogP contribution < -0.4 is 0 Å². The zero-order valence-electron chi connectivity index (χ0n) is 19.4. The minimum atomic E-state index is 0.662. The van der Waals surface area contributed by atoms with E-state index in [2.05, 4.69) is 117 Å². The van der Waals surface area contributed by atoms with E-state index in [-0.39, 0.29) is 0 Å². The van der Waals surface area contributed by atoms with Crippen LogP contribution in [0.15, 0.2) is 104 Å². The first-order valence-corrected chi connectivity index (χ1v) is 11.3. The van der Waals surface area contributed by atoms with Crippen LogP contribution in [-0.4, -0.2) is 15.0 Å². The number of hydrogen-bond acceptors (Lipinski definition) is 3. The zero-order valence-corrected chi connectivity index (χ0v) is 19.4. The second-order valence-electron chi connectivity index (χ2n) is 8.44. The molecular formula is C31H25N3. The number of rotatable bonds is 5. The third-order valence-electron chi connectivity index (χ3n) is 5.88. The van der Waals surface area contributed by atoms with Gasteiger partial charge in [0.2, 0.25) is 0 Å². The van der Waals surface area contributed by atoms with Gasteiger partial charge in [-0.15, -0.1) is 0 Å². The van der Waals surface area contributed by atoms with Crippen molar-refractivity contribution in [2.24, 2.45) is 0 Å². The van der Waals surface area contributed by atoms with Crippen LogP contribution in [0.5, 0.6) is 0 Å². The minimum Gasteiger partial charge on any atom is -0.208 e. The van der Waals surface area contributed by atoms with E-state index in [9.17, 15) is 0 Å². The summed E-state index contributed by atoms with van der Waals surface area (Å²) in [5.41, 5.74) is 8.72. The third-order valence-corrected chi connectivity index (χ3v) is 5.88. The van der Waals surface area contributed by atoms with E-state index in [4.69, 9.17) is 15.0 Å². The summed E-state index contributed by atoms with van der Waals surface area (Å²) >= 11 is 0. The van der Waals surface area contributed by atoms with E-state index < -0.39 is 0 Å². The van der Waals surface area contributed by atoms with Crippen LogP contribution in [0.1, 0.15) is 16.7 Å². The van der Waals surface area contributed by atoms with Crippen molar-refractivity contribution in [3.8, 4) is 45.3 Å². The summed E-state index contributed by atoms with van der Waals surface area (Å²) < 4.78 is 0. The van der Waals surface area contributed by atoms with Crippen molar-refractivity contribution in [2.45, 2.75) is 13.8 Å². The van der Waals surface area contributed by atoms with Gasteiger partial charge >= 0.3 is 0 Å². The summed E-state index contributed by atoms with van der Waals surface area (Å²) in [7, 11) is 0. The van der Waals surface area contributed by atoms with Gasteiger partial charge in [-0.05, 0) is 30.5 Å². The van der Waals surface area contributed by atoms with Crippen molar-refractivity contribution in [3.63, 3.8) is 0 Å². The molecule has 0 atom stereocenters. The standard InChI is InChI=1S/C31H25N3/c1-4-23-9-15-24(16-10-23)25-17-19-28(20-18-25)31-33-29(26-11-5-21(2)6-12-26)32-30(34-31)27-13-7-22(3)8-14-27/h4-20H,1H2,2-3H3. The first-order chi connectivity index (χ1) is 16.6. The highest BCUT2D eigenvalue weighted by Crippen LogP contribution is 2.27. The van der Waals surface area contributed by atoms with Gasteiger partial charge in [0, 0.05) is 16.7 Å². The Morgan fingerprint density at radius 3 is 1.09 bits per heavy atom. The molecule has 0 radical (unpaired) electrons. The first-order valence-electron chi connectivity index (χ1n) is 11.3. The number of hydrogen-bond donors (Lipinski definition) is 0. The Morgan fingerprint density at radius 2 is 0.735 bits per heavy atom. The molecule has 1 aromatic heterocycles. The molecule has 34 heavy (non-hydrogen) atoms.